The van der Waals surface area contributed by atoms with Gasteiger partial charge in [0.25, 0.3) is 0 Å². The van der Waals surface area contributed by atoms with Gasteiger partial charge in [-0.05, 0) is 29.9 Å². The smallest absolute Gasteiger partial charge is 0.114 e. The summed E-state index contributed by atoms with van der Waals surface area (Å²) in [5.74, 6) is 1.14. The van der Waals surface area contributed by atoms with Crippen LogP contribution in [0.5, 0.6) is 0 Å². The summed E-state index contributed by atoms with van der Waals surface area (Å²) < 4.78 is 7.46. The van der Waals surface area contributed by atoms with Crippen LogP contribution in [0.15, 0.2) is 15.9 Å². The molecule has 1 radical (unpaired) electrons. The predicted octanol–water partition coefficient (Wildman–Crippen LogP) is 1.78. The van der Waals surface area contributed by atoms with Crippen molar-refractivity contribution in [1.82, 2.24) is 4.72 Å². The minimum Gasteiger partial charge on any atom is -0.242 e. The molecule has 4 heteroatoms. The fourth-order valence-electron chi connectivity index (χ4n) is 0.884. The van der Waals surface area contributed by atoms with Crippen molar-refractivity contribution in [3.05, 3.63) is 17.5 Å². The fraction of sp³-hybridized carbons (Fsp3) is 0.333. The van der Waals surface area contributed by atoms with Crippen LogP contribution in [0.1, 0.15) is 6.42 Å². The first kappa shape index (κ1) is 6.76. The van der Waals surface area contributed by atoms with Gasteiger partial charge in [-0.2, -0.15) is 0 Å². The molecule has 2 nitrogen and oxygen atoms in total. The van der Waals surface area contributed by atoms with Gasteiger partial charge in [0.1, 0.15) is 6.04 Å². The van der Waals surface area contributed by atoms with Gasteiger partial charge in [0.05, 0.1) is 5.71 Å². The molecule has 0 saturated heterocycles. The molecule has 2 aliphatic heterocycles. The fourth-order valence-corrected chi connectivity index (χ4v) is 2.19. The lowest BCUT2D eigenvalue weighted by Crippen LogP contribution is -2.16. The molecular formula is C6H7N2S2. The average Bonchev–Trinajstić information content (AvgIpc) is 2.59. The van der Waals surface area contributed by atoms with Crippen LogP contribution in [-0.4, -0.2) is 11.5 Å². The lowest BCUT2D eigenvalue weighted by molar-refractivity contribution is 1.16. The highest BCUT2D eigenvalue weighted by Gasteiger charge is 2.19. The number of nitrogens with zero attached hydrogens (tertiary/aromatic N) is 1. The highest BCUT2D eigenvalue weighted by molar-refractivity contribution is 8.00. The molecule has 0 spiro atoms. The molecule has 0 aromatic carbocycles. The normalized spacial score (nSPS) is 25.8. The van der Waals surface area contributed by atoms with Crippen molar-refractivity contribution >= 4 is 29.6 Å². The van der Waals surface area contributed by atoms with Crippen molar-refractivity contribution in [2.75, 3.05) is 5.75 Å². The molecule has 0 aliphatic carbocycles. The Balaban J connectivity index is 2.04. The minimum absolute atomic E-state index is 1.11. The van der Waals surface area contributed by atoms with Crippen molar-refractivity contribution in [2.24, 2.45) is 4.40 Å². The SMILES string of the molecule is C1=C[C](C2=NSCC2)NS1. The molecule has 10 heavy (non-hydrogen) atoms. The van der Waals surface area contributed by atoms with Crippen LogP contribution < -0.4 is 4.72 Å². The third-order valence-corrected chi connectivity index (χ3v) is 2.73. The van der Waals surface area contributed by atoms with E-state index in [0.29, 0.717) is 0 Å². The van der Waals surface area contributed by atoms with Crippen LogP contribution in [0.4, 0.5) is 0 Å². The van der Waals surface area contributed by atoms with Gasteiger partial charge in [-0.1, -0.05) is 11.9 Å². The molecule has 0 aromatic heterocycles. The number of hydrogen-bond donors (Lipinski definition) is 1. The first-order valence-electron chi connectivity index (χ1n) is 3.11. The van der Waals surface area contributed by atoms with E-state index >= 15 is 0 Å². The average molecular weight is 171 g/mol. The highest BCUT2D eigenvalue weighted by atomic mass is 32.2. The van der Waals surface area contributed by atoms with Crippen LogP contribution in [0.2, 0.25) is 0 Å². The van der Waals surface area contributed by atoms with Crippen LogP contribution in [0.25, 0.3) is 0 Å². The van der Waals surface area contributed by atoms with Gasteiger partial charge in [0.2, 0.25) is 0 Å². The summed E-state index contributed by atoms with van der Waals surface area (Å²) in [7, 11) is 0. The maximum atomic E-state index is 4.29. The molecule has 2 rings (SSSR count). The van der Waals surface area contributed by atoms with E-state index in [2.05, 4.69) is 15.2 Å². The summed E-state index contributed by atoms with van der Waals surface area (Å²) in [4.78, 5) is 0. The summed E-state index contributed by atoms with van der Waals surface area (Å²) in [5, 5.41) is 2.04. The Hall–Kier alpha value is 0.0700. The zero-order valence-corrected chi connectivity index (χ0v) is 6.97. The molecule has 0 unspecified atom stereocenters. The van der Waals surface area contributed by atoms with Gasteiger partial charge >= 0.3 is 0 Å². The van der Waals surface area contributed by atoms with Crippen molar-refractivity contribution in [3.63, 3.8) is 0 Å². The Morgan fingerprint density at radius 3 is 3.20 bits per heavy atom. The van der Waals surface area contributed by atoms with Crippen molar-refractivity contribution < 1.29 is 0 Å². The third kappa shape index (κ3) is 1.24. The van der Waals surface area contributed by atoms with E-state index in [9.17, 15) is 0 Å². The summed E-state index contributed by atoms with van der Waals surface area (Å²) >= 11 is 3.26. The maximum Gasteiger partial charge on any atom is 0.114 e. The first-order valence-corrected chi connectivity index (χ1v) is 4.93. The van der Waals surface area contributed by atoms with E-state index in [-0.39, 0.29) is 0 Å². The molecule has 0 saturated carbocycles. The monoisotopic (exact) mass is 171 g/mol. The zero-order valence-electron chi connectivity index (χ0n) is 5.33. The summed E-state index contributed by atoms with van der Waals surface area (Å²) in [6, 6.07) is 1.19. The van der Waals surface area contributed by atoms with Gasteiger partial charge in [0.15, 0.2) is 0 Å². The van der Waals surface area contributed by atoms with Crippen molar-refractivity contribution in [2.45, 2.75) is 6.42 Å². The summed E-state index contributed by atoms with van der Waals surface area (Å²) in [6.45, 7) is 0. The van der Waals surface area contributed by atoms with Crippen LogP contribution in [0.3, 0.4) is 0 Å². The van der Waals surface area contributed by atoms with Gasteiger partial charge in [-0.3, -0.25) is 0 Å². The van der Waals surface area contributed by atoms with Gasteiger partial charge < -0.3 is 0 Å². The van der Waals surface area contributed by atoms with Crippen LogP contribution >= 0.6 is 23.9 Å². The molecule has 0 bridgehead atoms. The van der Waals surface area contributed by atoms with Crippen molar-refractivity contribution in [3.8, 4) is 0 Å². The summed E-state index contributed by atoms with van der Waals surface area (Å²) in [6.07, 6.45) is 3.19. The number of hydrogen-bond acceptors (Lipinski definition) is 4. The molecular weight excluding hydrogens is 164 g/mol. The Morgan fingerprint density at radius 1 is 1.60 bits per heavy atom. The Kier molecular flexibility index (Phi) is 2.02. The molecule has 0 fully saturated rings. The van der Waals surface area contributed by atoms with Crippen molar-refractivity contribution in [1.29, 1.82) is 0 Å². The quantitative estimate of drug-likeness (QED) is 0.609. The standard InChI is InChI=1S/C6H7N2S2/c1-3-9-7-5(1)6-2-4-10-8-6/h1,3,7H,2,4H2. The lowest BCUT2D eigenvalue weighted by atomic mass is 10.1. The third-order valence-electron chi connectivity index (χ3n) is 1.39. The second kappa shape index (κ2) is 2.98. The topological polar surface area (TPSA) is 24.4 Å². The van der Waals surface area contributed by atoms with E-state index in [4.69, 9.17) is 0 Å². The van der Waals surface area contributed by atoms with E-state index in [0.717, 1.165) is 12.2 Å². The van der Waals surface area contributed by atoms with Gasteiger partial charge in [0, 0.05) is 5.75 Å². The van der Waals surface area contributed by atoms with Gasteiger partial charge in [-0.15, -0.1) is 0 Å². The molecule has 0 atom stereocenters. The Morgan fingerprint density at radius 2 is 2.60 bits per heavy atom. The molecule has 0 amide bonds. The molecule has 2 aliphatic rings. The second-order valence-corrected chi connectivity index (χ2v) is 3.62. The maximum absolute atomic E-state index is 4.29. The van der Waals surface area contributed by atoms with Crippen LogP contribution in [-0.2, 0) is 0 Å². The highest BCUT2D eigenvalue weighted by Crippen LogP contribution is 2.25. The lowest BCUT2D eigenvalue weighted by Gasteiger charge is -2.03. The molecule has 53 valence electrons. The van der Waals surface area contributed by atoms with Gasteiger partial charge in [-0.25, -0.2) is 9.12 Å². The number of nitrogens with one attached hydrogen (secondary N) is 1. The first-order chi connectivity index (χ1) is 4.97. The van der Waals surface area contributed by atoms with E-state index in [1.165, 1.54) is 11.8 Å². The van der Waals surface area contributed by atoms with E-state index < -0.39 is 0 Å². The Bertz CT molecular complexity index is 188. The van der Waals surface area contributed by atoms with Crippen LogP contribution in [0, 0.1) is 6.04 Å². The second-order valence-electron chi connectivity index (χ2n) is 2.06. The number of rotatable bonds is 1. The summed E-state index contributed by atoms with van der Waals surface area (Å²) in [5.41, 5.74) is 1.21. The zero-order chi connectivity index (χ0) is 6.81. The molecule has 0 aromatic rings. The largest absolute Gasteiger partial charge is 0.242 e. The predicted molar refractivity (Wildman–Crippen MR) is 47.6 cm³/mol. The Labute approximate surface area is 68.8 Å². The minimum atomic E-state index is 1.11. The van der Waals surface area contributed by atoms with E-state index in [1.807, 2.05) is 5.41 Å². The molecule has 2 heterocycles. The molecule has 1 N–H and O–H groups in total. The van der Waals surface area contributed by atoms with E-state index in [1.54, 1.807) is 23.9 Å².